The molecule has 0 aliphatic rings. The van der Waals surface area contributed by atoms with Gasteiger partial charge in [0, 0.05) is 6.07 Å². The van der Waals surface area contributed by atoms with Gasteiger partial charge in [-0.3, -0.25) is 0 Å². The van der Waals surface area contributed by atoms with Crippen LogP contribution in [0.3, 0.4) is 0 Å². The molecule has 0 amide bonds. The Bertz CT molecular complexity index is 304. The van der Waals surface area contributed by atoms with E-state index >= 15 is 0 Å². The molecule has 0 bridgehead atoms. The summed E-state index contributed by atoms with van der Waals surface area (Å²) in [5, 5.41) is 0. The Balaban J connectivity index is 0.000000127. The summed E-state index contributed by atoms with van der Waals surface area (Å²) in [6.45, 7) is 0. The average Bonchev–Trinajstić information content (AvgIpc) is 2.62. The predicted molar refractivity (Wildman–Crippen MR) is 41.5 cm³/mol. The van der Waals surface area contributed by atoms with E-state index in [0.29, 0.717) is 0 Å². The second-order valence-electron chi connectivity index (χ2n) is 1.80. The third kappa shape index (κ3) is 3.36. The fourth-order valence-electron chi connectivity index (χ4n) is 0.501. The highest BCUT2D eigenvalue weighted by Crippen LogP contribution is 1.72. The highest BCUT2D eigenvalue weighted by Gasteiger charge is 1.72. The first-order chi connectivity index (χ1) is 5.89. The minimum absolute atomic E-state index is 0.303. The smallest absolute Gasteiger partial charge is 0.335 e. The number of aromatic nitrogens is 1. The standard InChI is InChI=1S/C5H4O2.C3H3NO/c6-5-3-1-2-4-7-5;1-2-5-3-4-1/h1-4H;1-3H. The van der Waals surface area contributed by atoms with Gasteiger partial charge in [-0.05, 0) is 6.07 Å². The quantitative estimate of drug-likeness (QED) is 0.590. The topological polar surface area (TPSA) is 56.2 Å². The van der Waals surface area contributed by atoms with Gasteiger partial charge in [0.05, 0.1) is 12.5 Å². The lowest BCUT2D eigenvalue weighted by Crippen LogP contribution is -1.90. The number of rotatable bonds is 0. The fraction of sp³-hybridized carbons (Fsp3) is 0. The second-order valence-corrected chi connectivity index (χ2v) is 1.80. The molecule has 0 radical (unpaired) electrons. The van der Waals surface area contributed by atoms with Gasteiger partial charge in [-0.15, -0.1) is 0 Å². The summed E-state index contributed by atoms with van der Waals surface area (Å²) in [7, 11) is 0. The molecule has 4 nitrogen and oxygen atoms in total. The SMILES string of the molecule is O=c1cccco1.c1cocn1. The Hall–Kier alpha value is -1.84. The molecule has 4 heteroatoms. The van der Waals surface area contributed by atoms with Crippen LogP contribution in [0, 0.1) is 0 Å². The van der Waals surface area contributed by atoms with Crippen LogP contribution in [0.5, 0.6) is 0 Å². The molecule has 0 aliphatic carbocycles. The fourth-order valence-corrected chi connectivity index (χ4v) is 0.501. The number of hydrogen-bond acceptors (Lipinski definition) is 4. The molecule has 12 heavy (non-hydrogen) atoms. The van der Waals surface area contributed by atoms with Crippen LogP contribution in [-0.2, 0) is 0 Å². The lowest BCUT2D eigenvalue weighted by molar-refractivity contribution is 0.511. The summed E-state index contributed by atoms with van der Waals surface area (Å²) in [5.74, 6) is 0. The van der Waals surface area contributed by atoms with Crippen molar-refractivity contribution in [2.24, 2.45) is 0 Å². The highest BCUT2D eigenvalue weighted by atomic mass is 16.4. The summed E-state index contributed by atoms with van der Waals surface area (Å²) in [4.78, 5) is 13.7. The van der Waals surface area contributed by atoms with Crippen molar-refractivity contribution in [3.63, 3.8) is 0 Å². The van der Waals surface area contributed by atoms with Crippen LogP contribution < -0.4 is 5.63 Å². The van der Waals surface area contributed by atoms with E-state index < -0.39 is 0 Å². The van der Waals surface area contributed by atoms with Gasteiger partial charge in [0.2, 0.25) is 0 Å². The monoisotopic (exact) mass is 165 g/mol. The van der Waals surface area contributed by atoms with Crippen molar-refractivity contribution in [3.8, 4) is 0 Å². The molecule has 0 spiro atoms. The zero-order chi connectivity index (χ0) is 8.65. The molecule has 0 saturated carbocycles. The van der Waals surface area contributed by atoms with Gasteiger partial charge in [0.1, 0.15) is 6.26 Å². The molecule has 2 heterocycles. The van der Waals surface area contributed by atoms with Crippen LogP contribution in [0.15, 0.2) is 56.9 Å². The van der Waals surface area contributed by atoms with Crippen LogP contribution in [-0.4, -0.2) is 4.98 Å². The van der Waals surface area contributed by atoms with E-state index in [9.17, 15) is 4.79 Å². The summed E-state index contributed by atoms with van der Waals surface area (Å²) in [6.07, 6.45) is 5.82. The largest absolute Gasteiger partial charge is 0.452 e. The number of nitrogens with zero attached hydrogens (tertiary/aromatic N) is 1. The maximum Gasteiger partial charge on any atom is 0.335 e. The zero-order valence-corrected chi connectivity index (χ0v) is 6.21. The molecule has 0 aliphatic heterocycles. The van der Waals surface area contributed by atoms with E-state index in [1.54, 1.807) is 18.3 Å². The molecule has 2 aromatic heterocycles. The Morgan fingerprint density at radius 3 is 2.42 bits per heavy atom. The van der Waals surface area contributed by atoms with E-state index in [4.69, 9.17) is 0 Å². The van der Waals surface area contributed by atoms with Crippen molar-refractivity contribution >= 4 is 0 Å². The first-order valence-corrected chi connectivity index (χ1v) is 3.25. The first-order valence-electron chi connectivity index (χ1n) is 3.25. The summed E-state index contributed by atoms with van der Waals surface area (Å²) in [6, 6.07) is 4.65. The van der Waals surface area contributed by atoms with Crippen molar-refractivity contribution in [1.29, 1.82) is 0 Å². The van der Waals surface area contributed by atoms with Crippen molar-refractivity contribution in [2.45, 2.75) is 0 Å². The lowest BCUT2D eigenvalue weighted by atomic mass is 10.5. The molecule has 0 fully saturated rings. The van der Waals surface area contributed by atoms with Crippen molar-refractivity contribution < 1.29 is 8.83 Å². The zero-order valence-electron chi connectivity index (χ0n) is 6.21. The van der Waals surface area contributed by atoms with E-state index in [2.05, 4.69) is 13.8 Å². The molecule has 2 rings (SSSR count). The normalized spacial score (nSPS) is 8.33. The predicted octanol–water partition coefficient (Wildman–Crippen LogP) is 1.31. The van der Waals surface area contributed by atoms with Crippen LogP contribution in [0.4, 0.5) is 0 Å². The molecule has 2 aromatic rings. The minimum atomic E-state index is -0.303. The van der Waals surface area contributed by atoms with Crippen LogP contribution >= 0.6 is 0 Å². The van der Waals surface area contributed by atoms with Gasteiger partial charge in [0.15, 0.2) is 6.39 Å². The third-order valence-corrected chi connectivity index (χ3v) is 0.953. The van der Waals surface area contributed by atoms with Gasteiger partial charge in [-0.2, -0.15) is 0 Å². The number of oxazole rings is 1. The van der Waals surface area contributed by atoms with E-state index in [0.717, 1.165) is 0 Å². The molecule has 0 unspecified atom stereocenters. The van der Waals surface area contributed by atoms with Crippen LogP contribution in [0.25, 0.3) is 0 Å². The molecule has 0 N–H and O–H groups in total. The molecular formula is C8H7NO3. The Kier molecular flexibility index (Phi) is 3.37. The summed E-state index contributed by atoms with van der Waals surface area (Å²) < 4.78 is 8.84. The highest BCUT2D eigenvalue weighted by molar-refractivity contribution is 4.85. The van der Waals surface area contributed by atoms with E-state index in [1.807, 2.05) is 0 Å². The van der Waals surface area contributed by atoms with Crippen LogP contribution in [0.2, 0.25) is 0 Å². The van der Waals surface area contributed by atoms with Gasteiger partial charge < -0.3 is 8.83 Å². The molecule has 0 aromatic carbocycles. The third-order valence-electron chi connectivity index (χ3n) is 0.953. The van der Waals surface area contributed by atoms with Crippen molar-refractivity contribution in [1.82, 2.24) is 4.98 Å². The van der Waals surface area contributed by atoms with Crippen LogP contribution in [0.1, 0.15) is 0 Å². The first kappa shape index (κ1) is 8.26. The average molecular weight is 165 g/mol. The van der Waals surface area contributed by atoms with Gasteiger partial charge in [0.25, 0.3) is 0 Å². The van der Waals surface area contributed by atoms with E-state index in [1.165, 1.54) is 25.0 Å². The van der Waals surface area contributed by atoms with Crippen molar-refractivity contribution in [2.75, 3.05) is 0 Å². The molecule has 0 atom stereocenters. The van der Waals surface area contributed by atoms with Gasteiger partial charge in [-0.25, -0.2) is 9.78 Å². The van der Waals surface area contributed by atoms with Gasteiger partial charge in [-0.1, -0.05) is 6.07 Å². The molecule has 62 valence electrons. The Labute approximate surface area is 68.5 Å². The maximum atomic E-state index is 10.1. The molecular weight excluding hydrogens is 158 g/mol. The lowest BCUT2D eigenvalue weighted by Gasteiger charge is -1.72. The van der Waals surface area contributed by atoms with Crippen molar-refractivity contribution in [3.05, 3.63) is 53.7 Å². The summed E-state index contributed by atoms with van der Waals surface area (Å²) in [5.41, 5.74) is -0.303. The maximum absolute atomic E-state index is 10.1. The second kappa shape index (κ2) is 4.90. The molecule has 0 saturated heterocycles. The Morgan fingerprint density at radius 2 is 2.17 bits per heavy atom. The minimum Gasteiger partial charge on any atom is -0.452 e. The number of hydrogen-bond donors (Lipinski definition) is 0. The van der Waals surface area contributed by atoms with Gasteiger partial charge >= 0.3 is 5.63 Å². The van der Waals surface area contributed by atoms with E-state index in [-0.39, 0.29) is 5.63 Å². The summed E-state index contributed by atoms with van der Waals surface area (Å²) >= 11 is 0. The Morgan fingerprint density at radius 1 is 1.25 bits per heavy atom.